The molecule has 0 fully saturated rings. The third-order valence-corrected chi connectivity index (χ3v) is 9.81. The maximum Gasteiger partial charge on any atom is 0.0393 e. The van der Waals surface area contributed by atoms with Gasteiger partial charge in [0.15, 0.2) is 0 Å². The maximum atomic E-state index is 4.21. The Hall–Kier alpha value is -4.53. The van der Waals surface area contributed by atoms with Gasteiger partial charge in [-0.2, -0.15) is 0 Å². The minimum atomic E-state index is -0.0714. The molecule has 2 heteroatoms. The molecular weight excluding hydrogens is 502 g/mol. The summed E-state index contributed by atoms with van der Waals surface area (Å²) in [4.78, 5) is 6.91. The van der Waals surface area contributed by atoms with Crippen molar-refractivity contribution in [3.63, 3.8) is 0 Å². The van der Waals surface area contributed by atoms with Gasteiger partial charge in [-0.25, -0.2) is 0 Å². The third-order valence-electron chi connectivity index (χ3n) is 8.59. The molecule has 0 radical (unpaired) electrons. The zero-order chi connectivity index (χ0) is 26.8. The van der Waals surface area contributed by atoms with Crippen LogP contribution in [0.1, 0.15) is 25.0 Å². The number of thiophene rings is 1. The zero-order valence-electron chi connectivity index (χ0n) is 22.5. The van der Waals surface area contributed by atoms with Gasteiger partial charge in [0.1, 0.15) is 0 Å². The number of pyridine rings is 1. The Morgan fingerprint density at radius 1 is 0.525 bits per heavy atom. The molecule has 2 aromatic heterocycles. The summed E-state index contributed by atoms with van der Waals surface area (Å²) >= 11 is 1.90. The molecule has 190 valence electrons. The summed E-state index contributed by atoms with van der Waals surface area (Å²) in [6.45, 7) is 4.75. The van der Waals surface area contributed by atoms with Crippen molar-refractivity contribution < 1.29 is 0 Å². The van der Waals surface area contributed by atoms with Crippen LogP contribution in [0.5, 0.6) is 0 Å². The highest BCUT2D eigenvalue weighted by Crippen LogP contribution is 2.55. The number of fused-ring (bicyclic) bond motifs is 5. The van der Waals surface area contributed by atoms with Gasteiger partial charge in [-0.1, -0.05) is 105 Å². The molecule has 40 heavy (non-hydrogen) atoms. The molecule has 0 aliphatic heterocycles. The van der Waals surface area contributed by atoms with Gasteiger partial charge in [-0.05, 0) is 90.3 Å². The lowest BCUT2D eigenvalue weighted by molar-refractivity contribution is 0.662. The molecule has 0 bridgehead atoms. The lowest BCUT2D eigenvalue weighted by Crippen LogP contribution is -2.14. The Balaban J connectivity index is 1.37. The Kier molecular flexibility index (Phi) is 5.11. The Labute approximate surface area is 238 Å². The van der Waals surface area contributed by atoms with Gasteiger partial charge < -0.3 is 0 Å². The summed E-state index contributed by atoms with van der Waals surface area (Å²) in [5.41, 5.74) is 10.5. The number of hydrogen-bond donors (Lipinski definition) is 0. The monoisotopic (exact) mass is 529 g/mol. The fourth-order valence-corrected chi connectivity index (χ4v) is 7.99. The van der Waals surface area contributed by atoms with E-state index in [0.29, 0.717) is 0 Å². The standard InChI is InChI=1S/C38H27NS/c1-38(2)32-22-26(16-17-31(32)37-33(38)23-34(40-37)24-18-20-39-21-19-24)36-29-14-8-6-12-27(29)35(25-10-4-3-5-11-25)28-13-7-9-15-30(28)36/h3-23H,1-2H3. The summed E-state index contributed by atoms with van der Waals surface area (Å²) in [6, 6.07) is 42.4. The summed E-state index contributed by atoms with van der Waals surface area (Å²) in [5, 5.41) is 5.18. The zero-order valence-corrected chi connectivity index (χ0v) is 23.3. The van der Waals surface area contributed by atoms with Crippen LogP contribution in [-0.2, 0) is 5.41 Å². The fourth-order valence-electron chi connectivity index (χ4n) is 6.63. The summed E-state index contributed by atoms with van der Waals surface area (Å²) in [5.74, 6) is 0. The van der Waals surface area contributed by atoms with Crippen molar-refractivity contribution in [2.24, 2.45) is 0 Å². The fraction of sp³-hybridized carbons (Fsp3) is 0.0789. The minimum absolute atomic E-state index is 0.0714. The van der Waals surface area contributed by atoms with Crippen molar-refractivity contribution in [2.75, 3.05) is 0 Å². The average molecular weight is 530 g/mol. The quantitative estimate of drug-likeness (QED) is 0.207. The van der Waals surface area contributed by atoms with E-state index in [9.17, 15) is 0 Å². The van der Waals surface area contributed by atoms with Crippen LogP contribution in [0.3, 0.4) is 0 Å². The Bertz CT molecular complexity index is 2010. The SMILES string of the molecule is CC1(C)c2cc(-c3c4ccccc4c(-c4ccccc4)c4ccccc34)ccc2-c2sc(-c3ccncc3)cc21. The number of nitrogens with zero attached hydrogens (tertiary/aromatic N) is 1. The largest absolute Gasteiger partial charge is 0.265 e. The number of benzene rings is 5. The molecule has 0 saturated carbocycles. The summed E-state index contributed by atoms with van der Waals surface area (Å²) in [7, 11) is 0. The molecule has 1 aliphatic rings. The van der Waals surface area contributed by atoms with Crippen molar-refractivity contribution in [3.8, 4) is 43.1 Å². The second-order valence-electron chi connectivity index (χ2n) is 11.2. The van der Waals surface area contributed by atoms with Gasteiger partial charge in [-0.15, -0.1) is 11.3 Å². The van der Waals surface area contributed by atoms with E-state index >= 15 is 0 Å². The van der Waals surface area contributed by atoms with Gasteiger partial charge in [0, 0.05) is 27.6 Å². The molecule has 0 spiro atoms. The molecule has 0 saturated heterocycles. The number of aromatic nitrogens is 1. The van der Waals surface area contributed by atoms with E-state index in [4.69, 9.17) is 0 Å². The minimum Gasteiger partial charge on any atom is -0.265 e. The summed E-state index contributed by atoms with van der Waals surface area (Å²) in [6.07, 6.45) is 3.76. The molecule has 0 atom stereocenters. The molecule has 0 unspecified atom stereocenters. The van der Waals surface area contributed by atoms with E-state index < -0.39 is 0 Å². The highest BCUT2D eigenvalue weighted by Gasteiger charge is 2.38. The van der Waals surface area contributed by atoms with Crippen LogP contribution < -0.4 is 0 Å². The Morgan fingerprint density at radius 3 is 1.73 bits per heavy atom. The van der Waals surface area contributed by atoms with Gasteiger partial charge in [0.2, 0.25) is 0 Å². The highest BCUT2D eigenvalue weighted by molar-refractivity contribution is 7.19. The molecule has 5 aromatic carbocycles. The average Bonchev–Trinajstić information content (AvgIpc) is 3.54. The topological polar surface area (TPSA) is 12.9 Å². The van der Waals surface area contributed by atoms with Gasteiger partial charge >= 0.3 is 0 Å². The van der Waals surface area contributed by atoms with E-state index in [1.807, 2.05) is 23.7 Å². The van der Waals surface area contributed by atoms with Crippen LogP contribution in [0, 0.1) is 0 Å². The molecule has 0 amide bonds. The normalized spacial score (nSPS) is 13.4. The first-order chi connectivity index (χ1) is 19.6. The van der Waals surface area contributed by atoms with Crippen LogP contribution in [0.2, 0.25) is 0 Å². The van der Waals surface area contributed by atoms with Crippen LogP contribution in [0.25, 0.3) is 64.7 Å². The summed E-state index contributed by atoms with van der Waals surface area (Å²) < 4.78 is 0. The van der Waals surface area contributed by atoms with E-state index in [-0.39, 0.29) is 5.41 Å². The third kappa shape index (κ3) is 3.36. The van der Waals surface area contributed by atoms with Gasteiger partial charge in [0.05, 0.1) is 0 Å². The predicted molar refractivity (Wildman–Crippen MR) is 171 cm³/mol. The van der Waals surface area contributed by atoms with Crippen molar-refractivity contribution >= 4 is 32.9 Å². The van der Waals surface area contributed by atoms with Crippen molar-refractivity contribution in [1.82, 2.24) is 4.98 Å². The smallest absolute Gasteiger partial charge is 0.0393 e. The molecular formula is C38H27NS. The lowest BCUT2D eigenvalue weighted by Gasteiger charge is -2.23. The first-order valence-electron chi connectivity index (χ1n) is 13.8. The van der Waals surface area contributed by atoms with Crippen LogP contribution in [0.15, 0.2) is 128 Å². The van der Waals surface area contributed by atoms with Gasteiger partial charge in [-0.3, -0.25) is 4.98 Å². The van der Waals surface area contributed by atoms with Crippen LogP contribution >= 0.6 is 11.3 Å². The molecule has 7 aromatic rings. The second kappa shape index (κ2) is 8.74. The van der Waals surface area contributed by atoms with E-state index in [2.05, 4.69) is 134 Å². The van der Waals surface area contributed by atoms with Crippen LogP contribution in [-0.4, -0.2) is 4.98 Å². The lowest BCUT2D eigenvalue weighted by atomic mass is 9.80. The molecule has 2 heterocycles. The number of rotatable bonds is 3. The van der Waals surface area contributed by atoms with Gasteiger partial charge in [0.25, 0.3) is 0 Å². The molecule has 1 aliphatic carbocycles. The number of hydrogen-bond acceptors (Lipinski definition) is 2. The van der Waals surface area contributed by atoms with Crippen molar-refractivity contribution in [1.29, 1.82) is 0 Å². The molecule has 1 nitrogen and oxygen atoms in total. The first-order valence-corrected chi connectivity index (χ1v) is 14.6. The van der Waals surface area contributed by atoms with Crippen molar-refractivity contribution in [3.05, 3.63) is 139 Å². The van der Waals surface area contributed by atoms with Crippen molar-refractivity contribution in [2.45, 2.75) is 19.3 Å². The Morgan fingerprint density at radius 2 is 1.10 bits per heavy atom. The second-order valence-corrected chi connectivity index (χ2v) is 12.2. The van der Waals surface area contributed by atoms with E-state index in [1.54, 1.807) is 0 Å². The molecule has 8 rings (SSSR count). The van der Waals surface area contributed by atoms with Crippen LogP contribution in [0.4, 0.5) is 0 Å². The highest BCUT2D eigenvalue weighted by atomic mass is 32.1. The predicted octanol–water partition coefficient (Wildman–Crippen LogP) is 10.8. The van der Waals surface area contributed by atoms with E-state index in [1.165, 1.54) is 75.8 Å². The first kappa shape index (κ1) is 23.4. The maximum absolute atomic E-state index is 4.21. The van der Waals surface area contributed by atoms with E-state index in [0.717, 1.165) is 0 Å². The molecule has 0 N–H and O–H groups in total.